The number of aromatic amines is 1. The summed E-state index contributed by atoms with van der Waals surface area (Å²) >= 11 is 0. The summed E-state index contributed by atoms with van der Waals surface area (Å²) in [5.41, 5.74) is 5.55. The van der Waals surface area contributed by atoms with Crippen LogP contribution in [0.15, 0.2) is 54.7 Å². The summed E-state index contributed by atoms with van der Waals surface area (Å²) in [6.07, 6.45) is 3.17. The van der Waals surface area contributed by atoms with Crippen molar-refractivity contribution in [1.29, 1.82) is 0 Å². The molecule has 0 bridgehead atoms. The zero-order chi connectivity index (χ0) is 13.4. The van der Waals surface area contributed by atoms with Crippen molar-refractivity contribution in [2.75, 3.05) is 6.54 Å². The number of hydrogen-bond acceptors (Lipinski definition) is 1. The first-order valence-electron chi connectivity index (χ1n) is 7.27. The summed E-state index contributed by atoms with van der Waals surface area (Å²) in [4.78, 5) is 3.27. The van der Waals surface area contributed by atoms with Gasteiger partial charge in [0.25, 0.3) is 0 Å². The molecule has 2 heterocycles. The SMILES string of the molecule is c1ccc2c(c1)CNCC[C@H]2c1ccc2[nH]ccc2c1. The quantitative estimate of drug-likeness (QED) is 0.686. The number of aromatic nitrogens is 1. The molecule has 1 aliphatic heterocycles. The third kappa shape index (κ3) is 1.93. The molecule has 4 rings (SSSR count). The van der Waals surface area contributed by atoms with Crippen molar-refractivity contribution in [3.05, 3.63) is 71.4 Å². The summed E-state index contributed by atoms with van der Waals surface area (Å²) in [5.74, 6) is 0.500. The molecular formula is C18H18N2. The van der Waals surface area contributed by atoms with Gasteiger partial charge in [-0.25, -0.2) is 0 Å². The molecule has 100 valence electrons. The predicted molar refractivity (Wildman–Crippen MR) is 82.9 cm³/mol. The van der Waals surface area contributed by atoms with Gasteiger partial charge in [0.05, 0.1) is 0 Å². The maximum Gasteiger partial charge on any atom is 0.0454 e. The van der Waals surface area contributed by atoms with Gasteiger partial charge in [0.15, 0.2) is 0 Å². The van der Waals surface area contributed by atoms with E-state index < -0.39 is 0 Å². The molecule has 1 aromatic heterocycles. The highest BCUT2D eigenvalue weighted by Gasteiger charge is 2.19. The lowest BCUT2D eigenvalue weighted by atomic mass is 9.86. The highest BCUT2D eigenvalue weighted by atomic mass is 14.9. The van der Waals surface area contributed by atoms with E-state index in [4.69, 9.17) is 0 Å². The average Bonchev–Trinajstić information content (AvgIpc) is 2.85. The van der Waals surface area contributed by atoms with E-state index in [0.717, 1.165) is 19.5 Å². The van der Waals surface area contributed by atoms with E-state index >= 15 is 0 Å². The second-order valence-corrected chi connectivity index (χ2v) is 5.54. The first-order chi connectivity index (χ1) is 9.92. The molecule has 0 amide bonds. The third-order valence-corrected chi connectivity index (χ3v) is 4.34. The van der Waals surface area contributed by atoms with Crippen LogP contribution in [0.1, 0.15) is 29.0 Å². The number of hydrogen-bond donors (Lipinski definition) is 2. The van der Waals surface area contributed by atoms with Gasteiger partial charge in [0, 0.05) is 24.2 Å². The molecule has 0 unspecified atom stereocenters. The molecule has 0 aliphatic carbocycles. The Morgan fingerprint density at radius 2 is 1.95 bits per heavy atom. The van der Waals surface area contributed by atoms with Gasteiger partial charge in [0.1, 0.15) is 0 Å². The first-order valence-corrected chi connectivity index (χ1v) is 7.27. The number of rotatable bonds is 1. The van der Waals surface area contributed by atoms with Crippen molar-refractivity contribution in [3.8, 4) is 0 Å². The zero-order valence-electron chi connectivity index (χ0n) is 11.4. The summed E-state index contributed by atoms with van der Waals surface area (Å²) < 4.78 is 0. The maximum absolute atomic E-state index is 3.53. The fourth-order valence-electron chi connectivity index (χ4n) is 3.29. The molecule has 0 radical (unpaired) electrons. The summed E-state index contributed by atoms with van der Waals surface area (Å²) in [5, 5.41) is 4.83. The fourth-order valence-corrected chi connectivity index (χ4v) is 3.29. The van der Waals surface area contributed by atoms with Gasteiger partial charge in [-0.15, -0.1) is 0 Å². The van der Waals surface area contributed by atoms with Crippen LogP contribution < -0.4 is 5.32 Å². The molecule has 2 aromatic carbocycles. The standard InChI is InChI=1S/C18H18N2/c1-2-4-16-15(3-1)12-19-9-8-17(16)13-5-6-18-14(11-13)7-10-20-18/h1-7,10-11,17,19-20H,8-9,12H2/t17-/m0/s1. The van der Waals surface area contributed by atoms with Crippen LogP contribution in [0.2, 0.25) is 0 Å². The van der Waals surface area contributed by atoms with Crippen LogP contribution in [0, 0.1) is 0 Å². The molecule has 1 aliphatic rings. The van der Waals surface area contributed by atoms with Gasteiger partial charge >= 0.3 is 0 Å². The van der Waals surface area contributed by atoms with E-state index in [0.29, 0.717) is 5.92 Å². The number of benzene rings is 2. The third-order valence-electron chi connectivity index (χ3n) is 4.34. The minimum absolute atomic E-state index is 0.500. The molecule has 0 spiro atoms. The van der Waals surface area contributed by atoms with E-state index in [1.165, 1.54) is 27.6 Å². The fraction of sp³-hybridized carbons (Fsp3) is 0.222. The van der Waals surface area contributed by atoms with Gasteiger partial charge in [-0.05, 0) is 53.2 Å². The van der Waals surface area contributed by atoms with Crippen LogP contribution in [0.5, 0.6) is 0 Å². The first kappa shape index (κ1) is 11.7. The van der Waals surface area contributed by atoms with Crippen LogP contribution in [0.3, 0.4) is 0 Å². The lowest BCUT2D eigenvalue weighted by Crippen LogP contribution is -2.12. The Morgan fingerprint density at radius 1 is 1.00 bits per heavy atom. The van der Waals surface area contributed by atoms with Gasteiger partial charge < -0.3 is 10.3 Å². The highest BCUT2D eigenvalue weighted by molar-refractivity contribution is 5.80. The molecule has 1 atom stereocenters. The van der Waals surface area contributed by atoms with Crippen molar-refractivity contribution in [2.24, 2.45) is 0 Å². The van der Waals surface area contributed by atoms with Gasteiger partial charge in [-0.3, -0.25) is 0 Å². The minimum Gasteiger partial charge on any atom is -0.361 e. The largest absolute Gasteiger partial charge is 0.361 e. The van der Waals surface area contributed by atoms with Gasteiger partial charge in [-0.2, -0.15) is 0 Å². The Hall–Kier alpha value is -2.06. The van der Waals surface area contributed by atoms with Crippen molar-refractivity contribution in [1.82, 2.24) is 10.3 Å². The lowest BCUT2D eigenvalue weighted by molar-refractivity contribution is 0.647. The molecule has 2 heteroatoms. The zero-order valence-corrected chi connectivity index (χ0v) is 11.4. The van der Waals surface area contributed by atoms with Gasteiger partial charge in [-0.1, -0.05) is 30.3 Å². The number of fused-ring (bicyclic) bond motifs is 2. The highest BCUT2D eigenvalue weighted by Crippen LogP contribution is 2.33. The molecule has 0 saturated carbocycles. The summed E-state index contributed by atoms with van der Waals surface area (Å²) in [6.45, 7) is 2.06. The Labute approximate surface area is 118 Å². The van der Waals surface area contributed by atoms with Crippen LogP contribution in [0.4, 0.5) is 0 Å². The lowest BCUT2D eigenvalue weighted by Gasteiger charge is -2.18. The Morgan fingerprint density at radius 3 is 2.95 bits per heavy atom. The topological polar surface area (TPSA) is 27.8 Å². The molecule has 0 saturated heterocycles. The predicted octanol–water partition coefficient (Wildman–Crippen LogP) is 3.79. The summed E-state index contributed by atoms with van der Waals surface area (Å²) in [7, 11) is 0. The average molecular weight is 262 g/mol. The van der Waals surface area contributed by atoms with Crippen molar-refractivity contribution >= 4 is 10.9 Å². The van der Waals surface area contributed by atoms with E-state index in [1.807, 2.05) is 6.20 Å². The monoisotopic (exact) mass is 262 g/mol. The van der Waals surface area contributed by atoms with E-state index in [2.05, 4.69) is 58.8 Å². The second-order valence-electron chi connectivity index (χ2n) is 5.54. The normalized spacial score (nSPS) is 18.7. The van der Waals surface area contributed by atoms with Gasteiger partial charge in [0.2, 0.25) is 0 Å². The molecule has 3 aromatic rings. The molecule has 2 N–H and O–H groups in total. The Kier molecular flexibility index (Phi) is 2.82. The molecule has 0 fully saturated rings. The van der Waals surface area contributed by atoms with Crippen LogP contribution in [-0.4, -0.2) is 11.5 Å². The number of nitrogens with one attached hydrogen (secondary N) is 2. The minimum atomic E-state index is 0.500. The Bertz CT molecular complexity index is 742. The van der Waals surface area contributed by atoms with E-state index in [1.54, 1.807) is 0 Å². The van der Waals surface area contributed by atoms with Crippen LogP contribution in [-0.2, 0) is 6.54 Å². The van der Waals surface area contributed by atoms with Crippen molar-refractivity contribution in [3.63, 3.8) is 0 Å². The van der Waals surface area contributed by atoms with Crippen molar-refractivity contribution < 1.29 is 0 Å². The van der Waals surface area contributed by atoms with E-state index in [-0.39, 0.29) is 0 Å². The van der Waals surface area contributed by atoms with E-state index in [9.17, 15) is 0 Å². The molecular weight excluding hydrogens is 244 g/mol. The summed E-state index contributed by atoms with van der Waals surface area (Å²) in [6, 6.07) is 17.8. The Balaban J connectivity index is 1.84. The van der Waals surface area contributed by atoms with Crippen LogP contribution >= 0.6 is 0 Å². The second kappa shape index (κ2) is 4.80. The van der Waals surface area contributed by atoms with Crippen LogP contribution in [0.25, 0.3) is 10.9 Å². The smallest absolute Gasteiger partial charge is 0.0454 e. The molecule has 2 nitrogen and oxygen atoms in total. The van der Waals surface area contributed by atoms with Crippen molar-refractivity contribution in [2.45, 2.75) is 18.9 Å². The maximum atomic E-state index is 3.53. The molecule has 20 heavy (non-hydrogen) atoms. The number of H-pyrrole nitrogens is 1.